The van der Waals surface area contributed by atoms with E-state index in [1.807, 2.05) is 24.3 Å². The van der Waals surface area contributed by atoms with Crippen LogP contribution in [0.15, 0.2) is 42.7 Å². The fourth-order valence-corrected chi connectivity index (χ4v) is 4.05. The van der Waals surface area contributed by atoms with Gasteiger partial charge in [0.1, 0.15) is 11.8 Å². The fraction of sp³-hybridized carbons (Fsp3) is 0.286. The van der Waals surface area contributed by atoms with Gasteiger partial charge in [0, 0.05) is 18.7 Å². The van der Waals surface area contributed by atoms with Crippen LogP contribution in [0.2, 0.25) is 0 Å². The third-order valence-electron chi connectivity index (χ3n) is 5.55. The smallest absolute Gasteiger partial charge is 0.415 e. The predicted molar refractivity (Wildman–Crippen MR) is 109 cm³/mol. The number of aromatic nitrogens is 4. The van der Waals surface area contributed by atoms with Gasteiger partial charge in [-0.05, 0) is 41.8 Å². The maximum Gasteiger partial charge on any atom is 0.415 e. The highest BCUT2D eigenvalue weighted by Crippen LogP contribution is 2.40. The van der Waals surface area contributed by atoms with Crippen molar-refractivity contribution in [1.82, 2.24) is 25.3 Å². The number of anilines is 1. The van der Waals surface area contributed by atoms with Crippen LogP contribution in [-0.2, 0) is 22.6 Å². The van der Waals surface area contributed by atoms with Gasteiger partial charge in [-0.1, -0.05) is 11.3 Å². The van der Waals surface area contributed by atoms with Gasteiger partial charge < -0.3 is 15.2 Å². The molecule has 2 amide bonds. The molecule has 31 heavy (non-hydrogen) atoms. The van der Waals surface area contributed by atoms with Crippen LogP contribution >= 0.6 is 0 Å². The number of amides is 2. The van der Waals surface area contributed by atoms with Crippen molar-refractivity contribution in [2.75, 3.05) is 11.4 Å². The molecule has 0 unspecified atom stereocenters. The van der Waals surface area contributed by atoms with Crippen LogP contribution in [0.4, 0.5) is 10.5 Å². The molecule has 10 nitrogen and oxygen atoms in total. The maximum absolute atomic E-state index is 12.4. The number of aliphatic hydroxyl groups is 1. The Bertz CT molecular complexity index is 1160. The van der Waals surface area contributed by atoms with E-state index in [1.54, 1.807) is 17.3 Å². The third-order valence-corrected chi connectivity index (χ3v) is 5.55. The summed E-state index contributed by atoms with van der Waals surface area (Å²) >= 11 is 0. The summed E-state index contributed by atoms with van der Waals surface area (Å²) in [5.74, 6) is 0.447. The highest BCUT2D eigenvalue weighted by atomic mass is 16.6. The number of carbonyl (C=O) groups is 2. The molecule has 0 bridgehead atoms. The van der Waals surface area contributed by atoms with Gasteiger partial charge in [0.15, 0.2) is 5.82 Å². The molecule has 3 aromatic rings. The molecule has 1 fully saturated rings. The fourth-order valence-electron chi connectivity index (χ4n) is 4.05. The number of hydrogen-bond acceptors (Lipinski definition) is 7. The zero-order valence-electron chi connectivity index (χ0n) is 16.7. The second-order valence-electron chi connectivity index (χ2n) is 7.56. The SMILES string of the molecule is CC(=O)NC[C@@H]1OC(=O)N2c3ccc(-c4ccc(-n5cc(CO)nn5)nc4)cc3C[C@@H]12. The van der Waals surface area contributed by atoms with E-state index < -0.39 is 0 Å². The number of carbonyl (C=O) groups excluding carboxylic acids is 2. The minimum atomic E-state index is -0.382. The molecule has 158 valence electrons. The van der Waals surface area contributed by atoms with Crippen LogP contribution in [0.25, 0.3) is 16.9 Å². The van der Waals surface area contributed by atoms with Gasteiger partial charge in [-0.2, -0.15) is 0 Å². The molecule has 0 spiro atoms. The minimum absolute atomic E-state index is 0.127. The summed E-state index contributed by atoms with van der Waals surface area (Å²) in [6, 6.07) is 9.58. The van der Waals surface area contributed by atoms with Crippen molar-refractivity contribution in [3.63, 3.8) is 0 Å². The quantitative estimate of drug-likeness (QED) is 0.636. The van der Waals surface area contributed by atoms with Crippen LogP contribution in [0.5, 0.6) is 0 Å². The highest BCUT2D eigenvalue weighted by molar-refractivity contribution is 5.94. The number of aliphatic hydroxyl groups excluding tert-OH is 1. The number of nitrogens with zero attached hydrogens (tertiary/aromatic N) is 5. The standard InChI is InChI=1S/C21H20N6O4/c1-12(29)22-9-19-18-7-15-6-13(2-4-17(15)27(18)21(30)31-19)14-3-5-20(23-8-14)26-10-16(11-28)24-25-26/h2-6,8,10,18-19,28H,7,9,11H2,1H3,(H,22,29)/t18-,19-/m0/s1. The average Bonchev–Trinajstić information content (AvgIpc) is 3.47. The molecule has 10 heteroatoms. The van der Waals surface area contributed by atoms with Crippen molar-refractivity contribution in [2.24, 2.45) is 0 Å². The number of ether oxygens (including phenoxy) is 1. The van der Waals surface area contributed by atoms with E-state index in [9.17, 15) is 9.59 Å². The van der Waals surface area contributed by atoms with Crippen molar-refractivity contribution in [3.8, 4) is 16.9 Å². The summed E-state index contributed by atoms with van der Waals surface area (Å²) in [6.45, 7) is 1.57. The molecule has 4 heterocycles. The molecule has 1 saturated heterocycles. The van der Waals surface area contributed by atoms with Crippen molar-refractivity contribution in [1.29, 1.82) is 0 Å². The molecule has 2 aromatic heterocycles. The largest absolute Gasteiger partial charge is 0.442 e. The first-order valence-corrected chi connectivity index (χ1v) is 9.89. The van der Waals surface area contributed by atoms with E-state index in [-0.39, 0.29) is 30.8 Å². The molecule has 0 aliphatic carbocycles. The van der Waals surface area contributed by atoms with Crippen molar-refractivity contribution >= 4 is 17.7 Å². The number of benzene rings is 1. The molecule has 2 atom stereocenters. The second-order valence-corrected chi connectivity index (χ2v) is 7.56. The van der Waals surface area contributed by atoms with E-state index in [2.05, 4.69) is 26.7 Å². The summed E-state index contributed by atoms with van der Waals surface area (Å²) in [5, 5.41) is 19.7. The lowest BCUT2D eigenvalue weighted by Crippen LogP contribution is -2.40. The Morgan fingerprint density at radius 1 is 1.29 bits per heavy atom. The molecule has 0 radical (unpaired) electrons. The molecule has 2 aliphatic rings. The first-order valence-electron chi connectivity index (χ1n) is 9.89. The van der Waals surface area contributed by atoms with E-state index in [4.69, 9.17) is 9.84 Å². The van der Waals surface area contributed by atoms with E-state index in [1.165, 1.54) is 11.6 Å². The second kappa shape index (κ2) is 7.47. The normalized spacial score (nSPS) is 19.2. The Kier molecular flexibility index (Phi) is 4.63. The van der Waals surface area contributed by atoms with Gasteiger partial charge in [-0.15, -0.1) is 5.10 Å². The van der Waals surface area contributed by atoms with Gasteiger partial charge in [0.25, 0.3) is 0 Å². The number of hydrogen-bond donors (Lipinski definition) is 2. The van der Waals surface area contributed by atoms with Gasteiger partial charge in [0.2, 0.25) is 5.91 Å². The molecule has 2 aliphatic heterocycles. The lowest BCUT2D eigenvalue weighted by atomic mass is 10.0. The van der Waals surface area contributed by atoms with Crippen LogP contribution in [-0.4, -0.2) is 55.8 Å². The van der Waals surface area contributed by atoms with Crippen molar-refractivity contribution < 1.29 is 19.4 Å². The van der Waals surface area contributed by atoms with Crippen LogP contribution in [0, 0.1) is 0 Å². The monoisotopic (exact) mass is 420 g/mol. The molecule has 1 aromatic carbocycles. The molecular formula is C21H20N6O4. The van der Waals surface area contributed by atoms with Gasteiger partial charge in [0.05, 0.1) is 31.1 Å². The van der Waals surface area contributed by atoms with Crippen molar-refractivity contribution in [3.05, 3.63) is 54.0 Å². The summed E-state index contributed by atoms with van der Waals surface area (Å²) in [4.78, 5) is 29.7. The van der Waals surface area contributed by atoms with Crippen LogP contribution < -0.4 is 10.2 Å². The third kappa shape index (κ3) is 3.40. The molecular weight excluding hydrogens is 400 g/mol. The molecule has 5 rings (SSSR count). The Hall–Kier alpha value is -3.79. The zero-order chi connectivity index (χ0) is 21.5. The highest BCUT2D eigenvalue weighted by Gasteiger charge is 2.47. The number of rotatable bonds is 5. The summed E-state index contributed by atoms with van der Waals surface area (Å²) in [6.07, 6.45) is 3.28. The molecule has 0 saturated carbocycles. The predicted octanol–water partition coefficient (Wildman–Crippen LogP) is 1.21. The lowest BCUT2D eigenvalue weighted by molar-refractivity contribution is -0.119. The number of fused-ring (bicyclic) bond motifs is 3. The van der Waals surface area contributed by atoms with Gasteiger partial charge >= 0.3 is 6.09 Å². The minimum Gasteiger partial charge on any atom is -0.442 e. The van der Waals surface area contributed by atoms with Crippen LogP contribution in [0.1, 0.15) is 18.2 Å². The summed E-state index contributed by atoms with van der Waals surface area (Å²) < 4.78 is 6.96. The van der Waals surface area contributed by atoms with Crippen LogP contribution in [0.3, 0.4) is 0 Å². The average molecular weight is 420 g/mol. The summed E-state index contributed by atoms with van der Waals surface area (Å²) in [5.41, 5.74) is 4.28. The Morgan fingerprint density at radius 3 is 2.84 bits per heavy atom. The zero-order valence-corrected chi connectivity index (χ0v) is 16.7. The van der Waals surface area contributed by atoms with E-state index in [0.717, 1.165) is 22.4 Å². The first kappa shape index (κ1) is 19.2. The lowest BCUT2D eigenvalue weighted by Gasteiger charge is -2.16. The first-order chi connectivity index (χ1) is 15.0. The Morgan fingerprint density at radius 2 is 2.13 bits per heavy atom. The molecule has 2 N–H and O–H groups in total. The topological polar surface area (TPSA) is 122 Å². The van der Waals surface area contributed by atoms with Gasteiger partial charge in [-0.3, -0.25) is 9.69 Å². The van der Waals surface area contributed by atoms with Gasteiger partial charge in [-0.25, -0.2) is 14.5 Å². The van der Waals surface area contributed by atoms with E-state index in [0.29, 0.717) is 24.5 Å². The number of pyridine rings is 1. The maximum atomic E-state index is 12.4. The van der Waals surface area contributed by atoms with Crippen molar-refractivity contribution in [2.45, 2.75) is 32.1 Å². The Labute approximate surface area is 177 Å². The Balaban J connectivity index is 1.37. The number of nitrogens with one attached hydrogen (secondary N) is 1. The number of cyclic esters (lactones) is 1. The summed E-state index contributed by atoms with van der Waals surface area (Å²) in [7, 11) is 0. The van der Waals surface area contributed by atoms with E-state index >= 15 is 0 Å².